The monoisotopic (exact) mass is 299 g/mol. The largest absolute Gasteiger partial charge is 0.375 e. The number of rotatable bonds is 3. The first-order chi connectivity index (χ1) is 10.0. The minimum atomic E-state index is -1.30. The summed E-state index contributed by atoms with van der Waals surface area (Å²) in [6, 6.07) is 1.14. The van der Waals surface area contributed by atoms with Crippen LogP contribution in [0.2, 0.25) is 0 Å². The van der Waals surface area contributed by atoms with Crippen molar-refractivity contribution in [3.05, 3.63) is 29.6 Å². The van der Waals surface area contributed by atoms with E-state index in [1.165, 1.54) is 12.0 Å². The highest BCUT2D eigenvalue weighted by Gasteiger charge is 2.27. The van der Waals surface area contributed by atoms with Crippen LogP contribution in [0.3, 0.4) is 0 Å². The summed E-state index contributed by atoms with van der Waals surface area (Å²) in [5.41, 5.74) is -0.348. The smallest absolute Gasteiger partial charge is 0.257 e. The van der Waals surface area contributed by atoms with Gasteiger partial charge in [0.1, 0.15) is 6.61 Å². The topological polar surface area (TPSA) is 62.7 Å². The Bertz CT molecular complexity index is 545. The number of pyridine rings is 1. The lowest BCUT2D eigenvalue weighted by Crippen LogP contribution is -2.51. The van der Waals surface area contributed by atoms with Crippen LogP contribution >= 0.6 is 0 Å². The molecule has 1 fully saturated rings. The van der Waals surface area contributed by atoms with E-state index in [1.807, 2.05) is 0 Å². The van der Waals surface area contributed by atoms with Crippen molar-refractivity contribution in [2.24, 2.45) is 0 Å². The Morgan fingerprint density at radius 2 is 1.86 bits per heavy atom. The molecule has 1 aromatic heterocycles. The summed E-state index contributed by atoms with van der Waals surface area (Å²) in [6.45, 7) is 1.18. The summed E-state index contributed by atoms with van der Waals surface area (Å²) >= 11 is 0. The van der Waals surface area contributed by atoms with E-state index in [4.69, 9.17) is 4.74 Å². The molecule has 1 aromatic rings. The summed E-state index contributed by atoms with van der Waals surface area (Å²) in [6.07, 6.45) is 1.05. The van der Waals surface area contributed by atoms with E-state index in [1.54, 1.807) is 4.90 Å². The molecule has 1 aliphatic rings. The molecule has 1 saturated heterocycles. The normalized spacial score (nSPS) is 15.2. The number of methoxy groups -OCH3 is 1. The van der Waals surface area contributed by atoms with E-state index in [9.17, 15) is 18.4 Å². The van der Waals surface area contributed by atoms with Crippen LogP contribution in [0.1, 0.15) is 10.4 Å². The van der Waals surface area contributed by atoms with E-state index in [0.717, 1.165) is 12.3 Å². The number of hydrogen-bond donors (Lipinski definition) is 0. The number of carbonyl (C=O) groups excluding carboxylic acids is 2. The molecule has 0 atom stereocenters. The number of hydrogen-bond acceptors (Lipinski definition) is 4. The fraction of sp³-hybridized carbons (Fsp3) is 0.462. The average molecular weight is 299 g/mol. The van der Waals surface area contributed by atoms with E-state index in [0.29, 0.717) is 13.1 Å². The summed E-state index contributed by atoms with van der Waals surface area (Å²) in [4.78, 5) is 29.9. The van der Waals surface area contributed by atoms with Gasteiger partial charge < -0.3 is 14.5 Å². The van der Waals surface area contributed by atoms with Crippen LogP contribution in [0.25, 0.3) is 0 Å². The van der Waals surface area contributed by atoms with Gasteiger partial charge in [-0.05, 0) is 6.07 Å². The number of halogens is 2. The van der Waals surface area contributed by atoms with Crippen molar-refractivity contribution in [1.82, 2.24) is 14.8 Å². The molecule has 2 rings (SSSR count). The molecule has 0 N–H and O–H groups in total. The number of carbonyl (C=O) groups is 2. The highest BCUT2D eigenvalue weighted by Crippen LogP contribution is 2.13. The fourth-order valence-corrected chi connectivity index (χ4v) is 2.13. The number of amides is 2. The first kappa shape index (κ1) is 15.3. The summed E-state index contributed by atoms with van der Waals surface area (Å²) in [5, 5.41) is 0. The van der Waals surface area contributed by atoms with Crippen molar-refractivity contribution in [3.8, 4) is 0 Å². The van der Waals surface area contributed by atoms with Crippen LogP contribution in [-0.4, -0.2) is 66.5 Å². The Morgan fingerprint density at radius 3 is 2.48 bits per heavy atom. The van der Waals surface area contributed by atoms with E-state index < -0.39 is 17.7 Å². The SMILES string of the molecule is COCC(=O)N1CCN(C(=O)c2ccnc(F)c2F)CC1. The quantitative estimate of drug-likeness (QED) is 0.753. The van der Waals surface area contributed by atoms with Crippen molar-refractivity contribution < 1.29 is 23.1 Å². The standard InChI is InChI=1S/C13H15F2N3O3/c1-21-8-10(19)17-4-6-18(7-5-17)13(20)9-2-3-16-12(15)11(9)14/h2-3H,4-8H2,1H3. The van der Waals surface area contributed by atoms with Crippen LogP contribution < -0.4 is 0 Å². The Balaban J connectivity index is 2.00. The van der Waals surface area contributed by atoms with Gasteiger partial charge in [0, 0.05) is 39.5 Å². The van der Waals surface area contributed by atoms with E-state index in [-0.39, 0.29) is 31.2 Å². The summed E-state index contributed by atoms with van der Waals surface area (Å²) in [7, 11) is 1.43. The zero-order valence-corrected chi connectivity index (χ0v) is 11.5. The molecule has 1 aliphatic heterocycles. The molecule has 2 heterocycles. The number of ether oxygens (including phenoxy) is 1. The number of aromatic nitrogens is 1. The Hall–Kier alpha value is -2.09. The average Bonchev–Trinajstić information content (AvgIpc) is 2.50. The van der Waals surface area contributed by atoms with Crippen molar-refractivity contribution in [2.45, 2.75) is 0 Å². The molecule has 0 aliphatic carbocycles. The van der Waals surface area contributed by atoms with Gasteiger partial charge in [0.2, 0.25) is 11.9 Å². The van der Waals surface area contributed by atoms with Gasteiger partial charge in [0.15, 0.2) is 5.82 Å². The van der Waals surface area contributed by atoms with Crippen LogP contribution in [0.4, 0.5) is 8.78 Å². The molecule has 0 unspecified atom stereocenters. The second kappa shape index (κ2) is 6.57. The van der Waals surface area contributed by atoms with Crippen LogP contribution in [0.15, 0.2) is 12.3 Å². The molecule has 6 nitrogen and oxygen atoms in total. The third-order valence-corrected chi connectivity index (χ3v) is 3.26. The molecule has 114 valence electrons. The van der Waals surface area contributed by atoms with Crippen molar-refractivity contribution in [3.63, 3.8) is 0 Å². The second-order valence-electron chi connectivity index (χ2n) is 4.57. The highest BCUT2D eigenvalue weighted by molar-refractivity contribution is 5.94. The Labute approximate surface area is 120 Å². The lowest BCUT2D eigenvalue weighted by atomic mass is 10.2. The molecule has 0 spiro atoms. The maximum Gasteiger partial charge on any atom is 0.257 e. The van der Waals surface area contributed by atoms with Gasteiger partial charge in [0.25, 0.3) is 5.91 Å². The molecule has 0 radical (unpaired) electrons. The third kappa shape index (κ3) is 3.33. The molecule has 0 aromatic carbocycles. The Kier molecular flexibility index (Phi) is 4.79. The predicted molar refractivity (Wildman–Crippen MR) is 68.5 cm³/mol. The fourth-order valence-electron chi connectivity index (χ4n) is 2.13. The van der Waals surface area contributed by atoms with Crippen LogP contribution in [0, 0.1) is 11.8 Å². The van der Waals surface area contributed by atoms with Crippen molar-refractivity contribution in [2.75, 3.05) is 39.9 Å². The zero-order valence-electron chi connectivity index (χ0n) is 11.5. The number of nitrogens with zero attached hydrogens (tertiary/aromatic N) is 3. The molecular formula is C13H15F2N3O3. The van der Waals surface area contributed by atoms with Gasteiger partial charge in [-0.2, -0.15) is 4.39 Å². The van der Waals surface area contributed by atoms with Crippen molar-refractivity contribution in [1.29, 1.82) is 0 Å². The lowest BCUT2D eigenvalue weighted by molar-refractivity contribution is -0.136. The van der Waals surface area contributed by atoms with Gasteiger partial charge >= 0.3 is 0 Å². The van der Waals surface area contributed by atoms with Crippen LogP contribution in [0.5, 0.6) is 0 Å². The minimum absolute atomic E-state index is 0.0157. The summed E-state index contributed by atoms with van der Waals surface area (Å²) in [5.74, 6) is -3.31. The van der Waals surface area contributed by atoms with E-state index >= 15 is 0 Å². The second-order valence-corrected chi connectivity index (χ2v) is 4.57. The van der Waals surface area contributed by atoms with Gasteiger partial charge in [-0.25, -0.2) is 9.37 Å². The Morgan fingerprint density at radius 1 is 1.24 bits per heavy atom. The van der Waals surface area contributed by atoms with Gasteiger partial charge in [-0.15, -0.1) is 0 Å². The van der Waals surface area contributed by atoms with Crippen molar-refractivity contribution >= 4 is 11.8 Å². The third-order valence-electron chi connectivity index (χ3n) is 3.26. The maximum atomic E-state index is 13.5. The zero-order chi connectivity index (χ0) is 15.4. The molecular weight excluding hydrogens is 284 g/mol. The summed E-state index contributed by atoms with van der Waals surface area (Å²) < 4.78 is 31.3. The molecule has 0 bridgehead atoms. The first-order valence-electron chi connectivity index (χ1n) is 6.40. The lowest BCUT2D eigenvalue weighted by Gasteiger charge is -2.34. The number of piperazine rings is 1. The molecule has 21 heavy (non-hydrogen) atoms. The highest BCUT2D eigenvalue weighted by atomic mass is 19.2. The maximum absolute atomic E-state index is 13.5. The van der Waals surface area contributed by atoms with E-state index in [2.05, 4.69) is 4.98 Å². The van der Waals surface area contributed by atoms with Gasteiger partial charge in [-0.3, -0.25) is 9.59 Å². The van der Waals surface area contributed by atoms with Crippen LogP contribution in [-0.2, 0) is 9.53 Å². The minimum Gasteiger partial charge on any atom is -0.375 e. The predicted octanol–water partition coefficient (Wildman–Crippen LogP) is 0.291. The first-order valence-corrected chi connectivity index (χ1v) is 6.40. The molecule has 8 heteroatoms. The van der Waals surface area contributed by atoms with Gasteiger partial charge in [0.05, 0.1) is 5.56 Å². The van der Waals surface area contributed by atoms with Gasteiger partial charge in [-0.1, -0.05) is 0 Å². The molecule has 2 amide bonds. The molecule has 0 saturated carbocycles.